The van der Waals surface area contributed by atoms with E-state index in [1.165, 1.54) is 0 Å². The minimum Gasteiger partial charge on any atom is -0.379 e. The zero-order chi connectivity index (χ0) is 8.39. The first-order valence-electron chi connectivity index (χ1n) is 4.51. The summed E-state index contributed by atoms with van der Waals surface area (Å²) in [6.07, 6.45) is 1.73. The van der Waals surface area contributed by atoms with Crippen LogP contribution >= 0.6 is 0 Å². The topological polar surface area (TPSA) is 32.8 Å². The Balaban J connectivity index is 1.93. The fourth-order valence-corrected chi connectivity index (χ4v) is 1.73. The van der Waals surface area contributed by atoms with Gasteiger partial charge in [0.2, 0.25) is 5.91 Å². The Bertz CT molecular complexity index is 178. The highest BCUT2D eigenvalue weighted by atomic mass is 16.5. The summed E-state index contributed by atoms with van der Waals surface area (Å²) in [5.74, 6) is 0.275. The molecule has 0 N–H and O–H groups in total. The fraction of sp³-hybridized carbons (Fsp3) is 0.875. The highest BCUT2D eigenvalue weighted by Crippen LogP contribution is 2.13. The number of morpholine rings is 1. The van der Waals surface area contributed by atoms with Crippen molar-refractivity contribution in [3.8, 4) is 0 Å². The third kappa shape index (κ3) is 1.44. The van der Waals surface area contributed by atoms with Gasteiger partial charge in [-0.3, -0.25) is 9.80 Å². The van der Waals surface area contributed by atoms with Gasteiger partial charge >= 0.3 is 0 Å². The van der Waals surface area contributed by atoms with E-state index in [2.05, 4.69) is 5.01 Å². The van der Waals surface area contributed by atoms with E-state index >= 15 is 0 Å². The van der Waals surface area contributed by atoms with Crippen LogP contribution in [0.25, 0.3) is 0 Å². The number of hydrazine groups is 1. The van der Waals surface area contributed by atoms with Crippen molar-refractivity contribution in [2.24, 2.45) is 0 Å². The summed E-state index contributed by atoms with van der Waals surface area (Å²) in [7, 11) is 0. The molecule has 12 heavy (non-hydrogen) atoms. The molecule has 0 aromatic carbocycles. The van der Waals surface area contributed by atoms with E-state index < -0.39 is 0 Å². The van der Waals surface area contributed by atoms with Gasteiger partial charge in [0.15, 0.2) is 0 Å². The van der Waals surface area contributed by atoms with E-state index in [0.29, 0.717) is 0 Å². The molecule has 68 valence electrons. The van der Waals surface area contributed by atoms with E-state index in [0.717, 1.165) is 45.7 Å². The van der Waals surface area contributed by atoms with Crippen LogP contribution in [0.2, 0.25) is 0 Å². The maximum absolute atomic E-state index is 11.3. The van der Waals surface area contributed by atoms with E-state index in [1.54, 1.807) is 0 Å². The number of rotatable bonds is 1. The lowest BCUT2D eigenvalue weighted by molar-refractivity contribution is -0.150. The molecule has 1 amide bonds. The Labute approximate surface area is 72.0 Å². The second-order valence-electron chi connectivity index (χ2n) is 3.19. The van der Waals surface area contributed by atoms with Crippen LogP contribution in [-0.2, 0) is 9.53 Å². The van der Waals surface area contributed by atoms with Crippen LogP contribution in [0.3, 0.4) is 0 Å². The Kier molecular flexibility index (Phi) is 2.28. The molecule has 0 radical (unpaired) electrons. The smallest absolute Gasteiger partial charge is 0.236 e. The van der Waals surface area contributed by atoms with Gasteiger partial charge in [-0.1, -0.05) is 0 Å². The molecule has 0 aromatic heterocycles. The molecule has 2 rings (SSSR count). The SMILES string of the molecule is O=C1CCCN1N1CCOCC1. The van der Waals surface area contributed by atoms with Gasteiger partial charge in [-0.25, -0.2) is 5.01 Å². The van der Waals surface area contributed by atoms with E-state index in [-0.39, 0.29) is 5.91 Å². The van der Waals surface area contributed by atoms with Crippen LogP contribution < -0.4 is 0 Å². The maximum atomic E-state index is 11.3. The minimum atomic E-state index is 0.275. The van der Waals surface area contributed by atoms with Crippen molar-refractivity contribution in [3.05, 3.63) is 0 Å². The molecule has 2 aliphatic heterocycles. The Morgan fingerprint density at radius 2 is 1.92 bits per heavy atom. The van der Waals surface area contributed by atoms with Crippen molar-refractivity contribution in [1.82, 2.24) is 10.0 Å². The monoisotopic (exact) mass is 170 g/mol. The zero-order valence-corrected chi connectivity index (χ0v) is 7.16. The molecule has 4 nitrogen and oxygen atoms in total. The van der Waals surface area contributed by atoms with Crippen LogP contribution in [0.5, 0.6) is 0 Å². The van der Waals surface area contributed by atoms with E-state index in [1.807, 2.05) is 5.01 Å². The second-order valence-corrected chi connectivity index (χ2v) is 3.19. The first-order chi connectivity index (χ1) is 5.88. The molecular formula is C8H14N2O2. The maximum Gasteiger partial charge on any atom is 0.236 e. The Morgan fingerprint density at radius 1 is 1.17 bits per heavy atom. The first kappa shape index (κ1) is 8.01. The van der Waals surface area contributed by atoms with Crippen molar-refractivity contribution in [3.63, 3.8) is 0 Å². The fourth-order valence-electron chi connectivity index (χ4n) is 1.73. The molecule has 0 spiro atoms. The average molecular weight is 170 g/mol. The number of carbonyl (C=O) groups is 1. The van der Waals surface area contributed by atoms with Crippen LogP contribution in [0, 0.1) is 0 Å². The summed E-state index contributed by atoms with van der Waals surface area (Å²) in [5, 5.41) is 3.99. The third-order valence-electron chi connectivity index (χ3n) is 2.38. The molecule has 0 bridgehead atoms. The van der Waals surface area contributed by atoms with Crippen LogP contribution in [-0.4, -0.2) is 48.8 Å². The first-order valence-corrected chi connectivity index (χ1v) is 4.51. The van der Waals surface area contributed by atoms with Gasteiger partial charge in [0.1, 0.15) is 0 Å². The number of hydrogen-bond acceptors (Lipinski definition) is 3. The van der Waals surface area contributed by atoms with Crippen LogP contribution in [0.15, 0.2) is 0 Å². The highest BCUT2D eigenvalue weighted by Gasteiger charge is 2.26. The predicted molar refractivity (Wildman–Crippen MR) is 43.3 cm³/mol. The van der Waals surface area contributed by atoms with Crippen molar-refractivity contribution in [2.75, 3.05) is 32.8 Å². The standard InChI is InChI=1S/C8H14N2O2/c11-8-2-1-3-10(8)9-4-6-12-7-5-9/h1-7H2. The lowest BCUT2D eigenvalue weighted by atomic mass is 10.4. The third-order valence-corrected chi connectivity index (χ3v) is 2.38. The molecule has 2 aliphatic rings. The van der Waals surface area contributed by atoms with Gasteiger partial charge in [0, 0.05) is 26.1 Å². The summed E-state index contributed by atoms with van der Waals surface area (Å²) in [4.78, 5) is 11.3. The number of nitrogens with zero attached hydrogens (tertiary/aromatic N) is 2. The minimum absolute atomic E-state index is 0.275. The summed E-state index contributed by atoms with van der Waals surface area (Å²) in [5.41, 5.74) is 0. The number of amides is 1. The van der Waals surface area contributed by atoms with Gasteiger partial charge in [-0.05, 0) is 6.42 Å². The van der Waals surface area contributed by atoms with Gasteiger partial charge in [0.05, 0.1) is 13.2 Å². The lowest BCUT2D eigenvalue weighted by Gasteiger charge is -2.34. The highest BCUT2D eigenvalue weighted by molar-refractivity contribution is 5.77. The van der Waals surface area contributed by atoms with Crippen molar-refractivity contribution in [1.29, 1.82) is 0 Å². The Morgan fingerprint density at radius 3 is 2.50 bits per heavy atom. The molecule has 0 saturated carbocycles. The number of carbonyl (C=O) groups excluding carboxylic acids is 1. The predicted octanol–water partition coefficient (Wildman–Crippen LogP) is -0.144. The number of ether oxygens (including phenoxy) is 1. The second kappa shape index (κ2) is 3.41. The molecule has 0 atom stereocenters. The summed E-state index contributed by atoms with van der Waals surface area (Å²) in [6.45, 7) is 4.14. The molecule has 4 heteroatoms. The van der Waals surface area contributed by atoms with Gasteiger partial charge in [-0.15, -0.1) is 0 Å². The molecule has 0 aliphatic carbocycles. The van der Waals surface area contributed by atoms with E-state index in [4.69, 9.17) is 4.74 Å². The molecular weight excluding hydrogens is 156 g/mol. The quantitative estimate of drug-likeness (QED) is 0.549. The van der Waals surface area contributed by atoms with Crippen LogP contribution in [0.4, 0.5) is 0 Å². The van der Waals surface area contributed by atoms with E-state index in [9.17, 15) is 4.79 Å². The number of hydrogen-bond donors (Lipinski definition) is 0. The van der Waals surface area contributed by atoms with Gasteiger partial charge in [-0.2, -0.15) is 0 Å². The molecule has 0 aromatic rings. The largest absolute Gasteiger partial charge is 0.379 e. The van der Waals surface area contributed by atoms with Crippen molar-refractivity contribution < 1.29 is 9.53 Å². The molecule has 2 fully saturated rings. The summed E-state index contributed by atoms with van der Waals surface area (Å²) in [6, 6.07) is 0. The van der Waals surface area contributed by atoms with Gasteiger partial charge < -0.3 is 4.74 Å². The van der Waals surface area contributed by atoms with Gasteiger partial charge in [0.25, 0.3) is 0 Å². The average Bonchev–Trinajstić information content (AvgIpc) is 2.53. The molecule has 0 unspecified atom stereocenters. The zero-order valence-electron chi connectivity index (χ0n) is 7.16. The van der Waals surface area contributed by atoms with Crippen molar-refractivity contribution >= 4 is 5.91 Å². The lowest BCUT2D eigenvalue weighted by Crippen LogP contribution is -2.49. The summed E-state index contributed by atoms with van der Waals surface area (Å²) < 4.78 is 5.21. The molecule has 2 heterocycles. The molecule has 2 saturated heterocycles. The summed E-state index contributed by atoms with van der Waals surface area (Å²) >= 11 is 0. The van der Waals surface area contributed by atoms with Crippen LogP contribution in [0.1, 0.15) is 12.8 Å². The normalized spacial score (nSPS) is 26.7. The van der Waals surface area contributed by atoms with Crippen molar-refractivity contribution in [2.45, 2.75) is 12.8 Å². The Hall–Kier alpha value is -0.610.